The van der Waals surface area contributed by atoms with Gasteiger partial charge in [0.05, 0.1) is 6.61 Å². The highest BCUT2D eigenvalue weighted by atomic mass is 16.5. The third-order valence-corrected chi connectivity index (χ3v) is 2.88. The van der Waals surface area contributed by atoms with Crippen molar-refractivity contribution in [3.8, 4) is 0 Å². The lowest BCUT2D eigenvalue weighted by Crippen LogP contribution is -2.23. The Morgan fingerprint density at radius 2 is 2.31 bits per heavy atom. The first-order valence-corrected chi connectivity index (χ1v) is 5.66. The van der Waals surface area contributed by atoms with Gasteiger partial charge in [0.25, 0.3) is 0 Å². The fourth-order valence-corrected chi connectivity index (χ4v) is 2.04. The van der Waals surface area contributed by atoms with Crippen LogP contribution in [0.2, 0.25) is 0 Å². The molecular formula is C14H16O2. The topological polar surface area (TPSA) is 26.3 Å². The molecule has 0 saturated heterocycles. The van der Waals surface area contributed by atoms with E-state index in [-0.39, 0.29) is 11.9 Å². The molecule has 84 valence electrons. The number of allylic oxidation sites excluding steroid dienone is 1. The maximum Gasteiger partial charge on any atom is 0.166 e. The first-order valence-electron chi connectivity index (χ1n) is 5.66. The van der Waals surface area contributed by atoms with Crippen molar-refractivity contribution in [2.75, 3.05) is 6.61 Å². The summed E-state index contributed by atoms with van der Waals surface area (Å²) in [5.41, 5.74) is 2.29. The van der Waals surface area contributed by atoms with Crippen molar-refractivity contribution in [2.45, 2.75) is 25.4 Å². The van der Waals surface area contributed by atoms with E-state index >= 15 is 0 Å². The number of hydrogen-bond acceptors (Lipinski definition) is 2. The summed E-state index contributed by atoms with van der Waals surface area (Å²) in [7, 11) is 0. The van der Waals surface area contributed by atoms with E-state index in [1.54, 1.807) is 6.08 Å². The van der Waals surface area contributed by atoms with Crippen molar-refractivity contribution >= 4 is 5.78 Å². The van der Waals surface area contributed by atoms with E-state index in [0.29, 0.717) is 13.0 Å². The van der Waals surface area contributed by atoms with E-state index in [0.717, 1.165) is 18.4 Å². The molecule has 0 spiro atoms. The molecule has 0 aromatic heterocycles. The Hall–Kier alpha value is -1.41. The zero-order chi connectivity index (χ0) is 11.4. The fourth-order valence-electron chi connectivity index (χ4n) is 2.04. The Bertz CT molecular complexity index is 395. The molecule has 2 nitrogen and oxygen atoms in total. The molecule has 0 N–H and O–H groups in total. The van der Waals surface area contributed by atoms with E-state index in [1.165, 1.54) is 5.56 Å². The second-order valence-corrected chi connectivity index (χ2v) is 3.99. The Balaban J connectivity index is 2.18. The smallest absolute Gasteiger partial charge is 0.166 e. The summed E-state index contributed by atoms with van der Waals surface area (Å²) in [5.74, 6) is 0.159. The van der Waals surface area contributed by atoms with Gasteiger partial charge >= 0.3 is 0 Å². The normalized spacial score (nSPS) is 18.9. The molecule has 1 aromatic rings. The van der Waals surface area contributed by atoms with Crippen LogP contribution >= 0.6 is 0 Å². The van der Waals surface area contributed by atoms with Crippen LogP contribution in [0.3, 0.4) is 0 Å². The third-order valence-electron chi connectivity index (χ3n) is 2.88. The van der Waals surface area contributed by atoms with Crippen LogP contribution < -0.4 is 0 Å². The van der Waals surface area contributed by atoms with Gasteiger partial charge in [-0.2, -0.15) is 0 Å². The maximum atomic E-state index is 11.9. The van der Waals surface area contributed by atoms with E-state index in [2.05, 4.69) is 12.6 Å². The molecule has 1 unspecified atom stereocenters. The third kappa shape index (κ3) is 2.22. The van der Waals surface area contributed by atoms with E-state index < -0.39 is 0 Å². The highest BCUT2D eigenvalue weighted by molar-refractivity contribution is 5.85. The quantitative estimate of drug-likeness (QED) is 0.723. The molecular weight excluding hydrogens is 200 g/mol. The number of ketones is 1. The lowest BCUT2D eigenvalue weighted by atomic mass is 9.94. The minimum absolute atomic E-state index is 0.159. The summed E-state index contributed by atoms with van der Waals surface area (Å²) in [4.78, 5) is 11.9. The molecule has 1 aliphatic heterocycles. The standard InChI is InChI=1S/C14H16O2/c1-2-3-8-13(15)14-12-7-5-4-6-11(12)9-10-16-14/h2,4-7,14H,1,3,8-10H2. The Kier molecular flexibility index (Phi) is 3.52. The van der Waals surface area contributed by atoms with Crippen LogP contribution in [0.15, 0.2) is 36.9 Å². The number of fused-ring (bicyclic) bond motifs is 1. The number of rotatable bonds is 4. The number of carbonyl (C=O) groups is 1. The summed E-state index contributed by atoms with van der Waals surface area (Å²) >= 11 is 0. The number of carbonyl (C=O) groups excluding carboxylic acids is 1. The first-order chi connectivity index (χ1) is 7.83. The second-order valence-electron chi connectivity index (χ2n) is 3.99. The predicted molar refractivity (Wildman–Crippen MR) is 63.3 cm³/mol. The molecule has 2 heteroatoms. The lowest BCUT2D eigenvalue weighted by Gasteiger charge is -2.24. The molecule has 2 rings (SSSR count). The van der Waals surface area contributed by atoms with Gasteiger partial charge in [0, 0.05) is 6.42 Å². The Morgan fingerprint density at radius 1 is 1.50 bits per heavy atom. The average molecular weight is 216 g/mol. The molecule has 0 saturated carbocycles. The van der Waals surface area contributed by atoms with Crippen molar-refractivity contribution in [3.63, 3.8) is 0 Å². The fraction of sp³-hybridized carbons (Fsp3) is 0.357. The van der Waals surface area contributed by atoms with Crippen LogP contribution in [-0.2, 0) is 16.0 Å². The number of ether oxygens (including phenoxy) is 1. The summed E-state index contributed by atoms with van der Waals surface area (Å²) < 4.78 is 5.58. The van der Waals surface area contributed by atoms with Gasteiger partial charge in [0.1, 0.15) is 6.10 Å². The summed E-state index contributed by atoms with van der Waals surface area (Å²) in [6.07, 6.45) is 3.56. The minimum Gasteiger partial charge on any atom is -0.365 e. The van der Waals surface area contributed by atoms with Crippen LogP contribution in [0.4, 0.5) is 0 Å². The van der Waals surface area contributed by atoms with Gasteiger partial charge in [-0.15, -0.1) is 6.58 Å². The molecule has 1 aromatic carbocycles. The van der Waals surface area contributed by atoms with Crippen molar-refractivity contribution in [2.24, 2.45) is 0 Å². The summed E-state index contributed by atoms with van der Waals surface area (Å²) in [6, 6.07) is 8.04. The van der Waals surface area contributed by atoms with Gasteiger partial charge in [-0.1, -0.05) is 30.3 Å². The van der Waals surface area contributed by atoms with Crippen molar-refractivity contribution < 1.29 is 9.53 Å². The molecule has 0 amide bonds. The molecule has 16 heavy (non-hydrogen) atoms. The van der Waals surface area contributed by atoms with Gasteiger partial charge < -0.3 is 4.74 Å². The highest BCUT2D eigenvalue weighted by Crippen LogP contribution is 2.28. The van der Waals surface area contributed by atoms with Gasteiger partial charge in [-0.25, -0.2) is 0 Å². The van der Waals surface area contributed by atoms with Gasteiger partial charge in [-0.3, -0.25) is 4.79 Å². The van der Waals surface area contributed by atoms with Crippen LogP contribution in [0, 0.1) is 0 Å². The molecule has 1 aliphatic rings. The van der Waals surface area contributed by atoms with Crippen LogP contribution in [0.25, 0.3) is 0 Å². The monoisotopic (exact) mass is 216 g/mol. The molecule has 0 radical (unpaired) electrons. The molecule has 0 fully saturated rings. The molecule has 1 heterocycles. The van der Waals surface area contributed by atoms with Crippen LogP contribution in [0.5, 0.6) is 0 Å². The lowest BCUT2D eigenvalue weighted by molar-refractivity contribution is -0.131. The highest BCUT2D eigenvalue weighted by Gasteiger charge is 2.25. The van der Waals surface area contributed by atoms with Crippen LogP contribution in [0.1, 0.15) is 30.1 Å². The minimum atomic E-state index is -0.357. The molecule has 0 aliphatic carbocycles. The molecule has 0 bridgehead atoms. The number of benzene rings is 1. The Labute approximate surface area is 95.9 Å². The predicted octanol–water partition coefficient (Wildman–Crippen LogP) is 2.84. The maximum absolute atomic E-state index is 11.9. The average Bonchev–Trinajstić information content (AvgIpc) is 2.35. The van der Waals surface area contributed by atoms with E-state index in [9.17, 15) is 4.79 Å². The van der Waals surface area contributed by atoms with Gasteiger partial charge in [0.2, 0.25) is 0 Å². The summed E-state index contributed by atoms with van der Waals surface area (Å²) in [6.45, 7) is 4.27. The first kappa shape index (κ1) is 11.1. The largest absolute Gasteiger partial charge is 0.365 e. The van der Waals surface area contributed by atoms with Gasteiger partial charge in [0.15, 0.2) is 5.78 Å². The van der Waals surface area contributed by atoms with Crippen molar-refractivity contribution in [1.82, 2.24) is 0 Å². The molecule has 1 atom stereocenters. The number of Topliss-reactive ketones (excluding diaryl/α,β-unsaturated/α-hetero) is 1. The Morgan fingerprint density at radius 3 is 3.12 bits per heavy atom. The zero-order valence-corrected chi connectivity index (χ0v) is 9.32. The number of hydrogen-bond donors (Lipinski definition) is 0. The van der Waals surface area contributed by atoms with E-state index in [1.807, 2.05) is 18.2 Å². The zero-order valence-electron chi connectivity index (χ0n) is 9.32. The van der Waals surface area contributed by atoms with Crippen molar-refractivity contribution in [1.29, 1.82) is 0 Å². The summed E-state index contributed by atoms with van der Waals surface area (Å²) in [5, 5.41) is 0. The van der Waals surface area contributed by atoms with E-state index in [4.69, 9.17) is 4.74 Å². The van der Waals surface area contributed by atoms with Gasteiger partial charge in [-0.05, 0) is 24.0 Å². The van der Waals surface area contributed by atoms with Crippen LogP contribution in [-0.4, -0.2) is 12.4 Å². The van der Waals surface area contributed by atoms with Crippen molar-refractivity contribution in [3.05, 3.63) is 48.0 Å². The second kappa shape index (κ2) is 5.08. The SMILES string of the molecule is C=CCCC(=O)C1OCCc2ccccc21.